The predicted octanol–water partition coefficient (Wildman–Crippen LogP) is 3.58. The molecule has 102 valence electrons. The molecular formula is C16H28N2. The van der Waals surface area contributed by atoms with Gasteiger partial charge >= 0.3 is 0 Å². The molecule has 1 rings (SSSR count). The molecule has 2 heteroatoms. The van der Waals surface area contributed by atoms with Crippen molar-refractivity contribution in [2.45, 2.75) is 46.6 Å². The zero-order valence-corrected chi connectivity index (χ0v) is 12.3. The van der Waals surface area contributed by atoms with Gasteiger partial charge in [-0.25, -0.2) is 0 Å². The van der Waals surface area contributed by atoms with E-state index < -0.39 is 0 Å². The average Bonchev–Trinajstić information content (AvgIpc) is 2.40. The third-order valence-electron chi connectivity index (χ3n) is 3.94. The number of hydrogen-bond acceptors (Lipinski definition) is 2. The van der Waals surface area contributed by atoms with Crippen molar-refractivity contribution in [3.63, 3.8) is 0 Å². The van der Waals surface area contributed by atoms with E-state index in [0.717, 1.165) is 13.1 Å². The molecule has 0 aliphatic heterocycles. The van der Waals surface area contributed by atoms with Crippen molar-refractivity contribution >= 4 is 5.69 Å². The number of benzene rings is 1. The molecule has 0 aliphatic carbocycles. The summed E-state index contributed by atoms with van der Waals surface area (Å²) < 4.78 is 0. The zero-order chi connectivity index (χ0) is 13.5. The number of anilines is 1. The minimum absolute atomic E-state index is 0.452. The van der Waals surface area contributed by atoms with Gasteiger partial charge in [0.25, 0.3) is 0 Å². The second-order valence-electron chi connectivity index (χ2n) is 5.00. The second-order valence-corrected chi connectivity index (χ2v) is 5.00. The van der Waals surface area contributed by atoms with Crippen molar-refractivity contribution in [3.8, 4) is 0 Å². The van der Waals surface area contributed by atoms with Gasteiger partial charge in [-0.05, 0) is 31.9 Å². The molecule has 2 nitrogen and oxygen atoms in total. The molecule has 0 saturated heterocycles. The quantitative estimate of drug-likeness (QED) is 0.799. The Balaban J connectivity index is 2.95. The fourth-order valence-electron chi connectivity index (χ4n) is 2.75. The molecule has 18 heavy (non-hydrogen) atoms. The van der Waals surface area contributed by atoms with Crippen molar-refractivity contribution < 1.29 is 0 Å². The standard InChI is InChI=1S/C16H28N2/c1-5-14(6-2)16(12-17)18(7-3)15-10-8-13(4)9-11-15/h8-11,14,16H,5-7,12,17H2,1-4H3. The Labute approximate surface area is 112 Å². The van der Waals surface area contributed by atoms with Gasteiger partial charge in [0.2, 0.25) is 0 Å². The lowest BCUT2D eigenvalue weighted by molar-refractivity contribution is 0.380. The van der Waals surface area contributed by atoms with E-state index in [9.17, 15) is 0 Å². The second kappa shape index (κ2) is 7.42. The van der Waals surface area contributed by atoms with Crippen LogP contribution in [-0.4, -0.2) is 19.1 Å². The van der Waals surface area contributed by atoms with Gasteiger partial charge in [-0.2, -0.15) is 0 Å². The minimum atomic E-state index is 0.452. The van der Waals surface area contributed by atoms with E-state index in [1.165, 1.54) is 24.1 Å². The molecule has 0 radical (unpaired) electrons. The predicted molar refractivity (Wildman–Crippen MR) is 81.1 cm³/mol. The molecule has 0 spiro atoms. The molecule has 0 heterocycles. The van der Waals surface area contributed by atoms with Crippen molar-refractivity contribution in [1.82, 2.24) is 0 Å². The van der Waals surface area contributed by atoms with Crippen LogP contribution in [0.25, 0.3) is 0 Å². The SMILES string of the molecule is CCC(CC)C(CN)N(CC)c1ccc(C)cc1. The lowest BCUT2D eigenvalue weighted by Gasteiger charge is -2.37. The van der Waals surface area contributed by atoms with Crippen molar-refractivity contribution in [1.29, 1.82) is 0 Å². The highest BCUT2D eigenvalue weighted by molar-refractivity contribution is 5.48. The molecule has 0 aromatic heterocycles. The van der Waals surface area contributed by atoms with E-state index in [2.05, 4.69) is 56.9 Å². The first-order valence-electron chi connectivity index (χ1n) is 7.21. The molecular weight excluding hydrogens is 220 g/mol. The van der Waals surface area contributed by atoms with Gasteiger partial charge in [-0.1, -0.05) is 44.4 Å². The highest BCUT2D eigenvalue weighted by Gasteiger charge is 2.23. The van der Waals surface area contributed by atoms with Crippen LogP contribution in [0.15, 0.2) is 24.3 Å². The van der Waals surface area contributed by atoms with Crippen LogP contribution in [-0.2, 0) is 0 Å². The summed E-state index contributed by atoms with van der Waals surface area (Å²) in [7, 11) is 0. The van der Waals surface area contributed by atoms with Crippen LogP contribution >= 0.6 is 0 Å². The van der Waals surface area contributed by atoms with E-state index >= 15 is 0 Å². The average molecular weight is 248 g/mol. The van der Waals surface area contributed by atoms with Crippen molar-refractivity contribution in [2.75, 3.05) is 18.0 Å². The summed E-state index contributed by atoms with van der Waals surface area (Å²) >= 11 is 0. The van der Waals surface area contributed by atoms with Crippen LogP contribution < -0.4 is 10.6 Å². The number of hydrogen-bond donors (Lipinski definition) is 1. The highest BCUT2D eigenvalue weighted by atomic mass is 15.2. The van der Waals surface area contributed by atoms with Gasteiger partial charge in [-0.15, -0.1) is 0 Å². The molecule has 1 aromatic rings. The Morgan fingerprint density at radius 3 is 2.00 bits per heavy atom. The Morgan fingerprint density at radius 1 is 1.06 bits per heavy atom. The van der Waals surface area contributed by atoms with E-state index in [0.29, 0.717) is 12.0 Å². The van der Waals surface area contributed by atoms with E-state index in [-0.39, 0.29) is 0 Å². The van der Waals surface area contributed by atoms with Crippen LogP contribution in [0.1, 0.15) is 39.2 Å². The lowest BCUT2D eigenvalue weighted by Crippen LogP contribution is -2.45. The number of nitrogens with two attached hydrogens (primary N) is 1. The lowest BCUT2D eigenvalue weighted by atomic mass is 9.92. The number of rotatable bonds is 7. The summed E-state index contributed by atoms with van der Waals surface area (Å²) in [6.07, 6.45) is 2.39. The fourth-order valence-corrected chi connectivity index (χ4v) is 2.75. The third-order valence-corrected chi connectivity index (χ3v) is 3.94. The maximum Gasteiger partial charge on any atom is 0.0440 e. The van der Waals surface area contributed by atoms with Gasteiger partial charge in [0.15, 0.2) is 0 Å². The number of aryl methyl sites for hydroxylation is 1. The van der Waals surface area contributed by atoms with Gasteiger partial charge in [0, 0.05) is 24.8 Å². The number of likely N-dealkylation sites (N-methyl/N-ethyl adjacent to an activating group) is 1. The summed E-state index contributed by atoms with van der Waals surface area (Å²) in [5.74, 6) is 0.677. The fraction of sp³-hybridized carbons (Fsp3) is 0.625. The van der Waals surface area contributed by atoms with Gasteiger partial charge in [-0.3, -0.25) is 0 Å². The Hall–Kier alpha value is -1.02. The largest absolute Gasteiger partial charge is 0.367 e. The monoisotopic (exact) mass is 248 g/mol. The Morgan fingerprint density at radius 2 is 1.61 bits per heavy atom. The van der Waals surface area contributed by atoms with E-state index in [1.54, 1.807) is 0 Å². The molecule has 1 aromatic carbocycles. The number of nitrogens with zero attached hydrogens (tertiary/aromatic N) is 1. The van der Waals surface area contributed by atoms with Crippen LogP contribution in [0.5, 0.6) is 0 Å². The van der Waals surface area contributed by atoms with E-state index in [4.69, 9.17) is 5.73 Å². The molecule has 0 fully saturated rings. The maximum atomic E-state index is 6.03. The minimum Gasteiger partial charge on any atom is -0.367 e. The molecule has 0 aliphatic rings. The normalized spacial score (nSPS) is 12.8. The molecule has 0 amide bonds. The topological polar surface area (TPSA) is 29.3 Å². The molecule has 1 atom stereocenters. The summed E-state index contributed by atoms with van der Waals surface area (Å²) in [4.78, 5) is 2.46. The van der Waals surface area contributed by atoms with Gasteiger partial charge in [0.05, 0.1) is 0 Å². The van der Waals surface area contributed by atoms with Crippen LogP contribution in [0.2, 0.25) is 0 Å². The molecule has 2 N–H and O–H groups in total. The summed E-state index contributed by atoms with van der Waals surface area (Å²) in [5, 5.41) is 0. The summed E-state index contributed by atoms with van der Waals surface area (Å²) in [5.41, 5.74) is 8.63. The first kappa shape index (κ1) is 15.0. The van der Waals surface area contributed by atoms with Crippen molar-refractivity contribution in [3.05, 3.63) is 29.8 Å². The molecule has 0 saturated carbocycles. The van der Waals surface area contributed by atoms with Gasteiger partial charge < -0.3 is 10.6 Å². The zero-order valence-electron chi connectivity index (χ0n) is 12.3. The molecule has 1 unspecified atom stereocenters. The van der Waals surface area contributed by atoms with Crippen LogP contribution in [0, 0.1) is 12.8 Å². The van der Waals surface area contributed by atoms with Crippen LogP contribution in [0.3, 0.4) is 0 Å². The Bertz CT molecular complexity index is 327. The van der Waals surface area contributed by atoms with Crippen molar-refractivity contribution in [2.24, 2.45) is 11.7 Å². The maximum absolute atomic E-state index is 6.03. The summed E-state index contributed by atoms with van der Waals surface area (Å²) in [6, 6.07) is 9.23. The highest BCUT2D eigenvalue weighted by Crippen LogP contribution is 2.24. The first-order valence-corrected chi connectivity index (χ1v) is 7.21. The van der Waals surface area contributed by atoms with Crippen LogP contribution in [0.4, 0.5) is 5.69 Å². The molecule has 0 bridgehead atoms. The third kappa shape index (κ3) is 3.49. The summed E-state index contributed by atoms with van der Waals surface area (Å²) in [6.45, 7) is 10.6. The smallest absolute Gasteiger partial charge is 0.0440 e. The van der Waals surface area contributed by atoms with Gasteiger partial charge in [0.1, 0.15) is 0 Å². The van der Waals surface area contributed by atoms with E-state index in [1.807, 2.05) is 0 Å². The first-order chi connectivity index (χ1) is 8.67. The Kier molecular flexibility index (Phi) is 6.20.